The lowest BCUT2D eigenvalue weighted by molar-refractivity contribution is -0.454. The summed E-state index contributed by atoms with van der Waals surface area (Å²) in [5.74, 6) is -1.45. The molecule has 20 heavy (non-hydrogen) atoms. The third kappa shape index (κ3) is 5.40. The largest absolute Gasteiger partial charge is 0.377 e. The molecule has 0 radical (unpaired) electrons. The molecule has 0 aliphatic rings. The number of rotatable bonds is 8. The van der Waals surface area contributed by atoms with Crippen molar-refractivity contribution < 1.29 is 24.4 Å². The lowest BCUT2D eigenvalue weighted by Crippen LogP contribution is -2.18. The molecule has 0 fully saturated rings. The molecule has 0 amide bonds. The summed E-state index contributed by atoms with van der Waals surface area (Å²) in [5, 5.41) is 4.28. The van der Waals surface area contributed by atoms with Gasteiger partial charge in [-0.1, -0.05) is 44.9 Å². The highest BCUT2D eigenvalue weighted by Gasteiger charge is 2.20. The second-order valence-corrected chi connectivity index (χ2v) is 4.45. The van der Waals surface area contributed by atoms with E-state index >= 15 is 0 Å². The van der Waals surface area contributed by atoms with Crippen LogP contribution in [0.4, 0.5) is 0 Å². The Morgan fingerprint density at radius 2 is 1.80 bits per heavy atom. The molecule has 110 valence electrons. The number of carbonyl (C=O) groups is 2. The van der Waals surface area contributed by atoms with Gasteiger partial charge in [-0.05, 0) is 25.0 Å². The van der Waals surface area contributed by atoms with Gasteiger partial charge in [0.05, 0.1) is 11.5 Å². The molecule has 1 aromatic rings. The van der Waals surface area contributed by atoms with E-state index in [0.717, 1.165) is 19.3 Å². The van der Waals surface area contributed by atoms with Crippen molar-refractivity contribution in [1.29, 1.82) is 0 Å². The van der Waals surface area contributed by atoms with Gasteiger partial charge >= 0.3 is 11.9 Å². The van der Waals surface area contributed by atoms with E-state index in [1.165, 1.54) is 0 Å². The molecular formula is C15H20O5. The standard InChI is InChI=1S/C15H20O5/c1-3-5-9-12(4-2)14(16)18-20-19-15(17)13-10-7-6-8-11-13/h6-8,10-12H,3-5,9H2,1-2H3. The van der Waals surface area contributed by atoms with Crippen LogP contribution in [-0.2, 0) is 19.6 Å². The molecule has 1 unspecified atom stereocenters. The molecule has 5 heteroatoms. The Balaban J connectivity index is 2.32. The summed E-state index contributed by atoms with van der Waals surface area (Å²) in [4.78, 5) is 32.1. The first-order chi connectivity index (χ1) is 9.69. The molecule has 0 spiro atoms. The van der Waals surface area contributed by atoms with Gasteiger partial charge in [0.25, 0.3) is 0 Å². The molecule has 0 saturated carbocycles. The number of hydrogen-bond acceptors (Lipinski definition) is 5. The maximum atomic E-state index is 11.7. The normalized spacial score (nSPS) is 11.7. The van der Waals surface area contributed by atoms with E-state index in [0.29, 0.717) is 12.0 Å². The Hall–Kier alpha value is -1.88. The minimum absolute atomic E-state index is 0.231. The molecule has 0 N–H and O–H groups in total. The van der Waals surface area contributed by atoms with Crippen LogP contribution in [0.15, 0.2) is 30.3 Å². The van der Waals surface area contributed by atoms with Gasteiger partial charge in [0.2, 0.25) is 0 Å². The highest BCUT2D eigenvalue weighted by atomic mass is 17.5. The minimum Gasteiger partial charge on any atom is -0.259 e. The monoisotopic (exact) mass is 280 g/mol. The lowest BCUT2D eigenvalue weighted by Gasteiger charge is -2.11. The minimum atomic E-state index is -0.708. The van der Waals surface area contributed by atoms with Crippen LogP contribution in [0.3, 0.4) is 0 Å². The van der Waals surface area contributed by atoms with Crippen LogP contribution in [0.25, 0.3) is 0 Å². The lowest BCUT2D eigenvalue weighted by atomic mass is 10.00. The Bertz CT molecular complexity index is 416. The van der Waals surface area contributed by atoms with Crippen molar-refractivity contribution in [1.82, 2.24) is 0 Å². The molecule has 0 bridgehead atoms. The Morgan fingerprint density at radius 1 is 1.10 bits per heavy atom. The van der Waals surface area contributed by atoms with Crippen LogP contribution in [0, 0.1) is 5.92 Å². The smallest absolute Gasteiger partial charge is 0.259 e. The van der Waals surface area contributed by atoms with Crippen LogP contribution < -0.4 is 0 Å². The molecule has 1 atom stereocenters. The summed E-state index contributed by atoms with van der Waals surface area (Å²) in [5.41, 5.74) is 0.321. The average molecular weight is 280 g/mol. The van der Waals surface area contributed by atoms with Gasteiger partial charge in [0, 0.05) is 5.04 Å². The van der Waals surface area contributed by atoms with E-state index < -0.39 is 11.9 Å². The SMILES string of the molecule is CCCCC(CC)C(=O)OOOC(=O)c1ccccc1. The van der Waals surface area contributed by atoms with Crippen molar-refractivity contribution in [2.75, 3.05) is 0 Å². The third-order valence-electron chi connectivity index (χ3n) is 2.97. The van der Waals surface area contributed by atoms with E-state index in [1.54, 1.807) is 30.3 Å². The molecule has 1 rings (SSSR count). The predicted molar refractivity (Wildman–Crippen MR) is 72.3 cm³/mol. The van der Waals surface area contributed by atoms with Crippen molar-refractivity contribution in [2.45, 2.75) is 39.5 Å². The fraction of sp³-hybridized carbons (Fsp3) is 0.467. The van der Waals surface area contributed by atoms with E-state index in [1.807, 2.05) is 6.92 Å². The summed E-state index contributed by atoms with van der Waals surface area (Å²) in [6.07, 6.45) is 3.35. The topological polar surface area (TPSA) is 61.8 Å². The first kappa shape index (κ1) is 16.2. The van der Waals surface area contributed by atoms with Gasteiger partial charge in [-0.3, -0.25) is 9.78 Å². The van der Waals surface area contributed by atoms with Crippen molar-refractivity contribution in [3.05, 3.63) is 35.9 Å². The second kappa shape index (κ2) is 9.09. The van der Waals surface area contributed by atoms with Gasteiger partial charge in [-0.25, -0.2) is 9.59 Å². The summed E-state index contributed by atoms with van der Waals surface area (Å²) >= 11 is 0. The number of carbonyl (C=O) groups excluding carboxylic acids is 2. The fourth-order valence-corrected chi connectivity index (χ4v) is 1.71. The number of hydrogen-bond donors (Lipinski definition) is 0. The third-order valence-corrected chi connectivity index (χ3v) is 2.97. The van der Waals surface area contributed by atoms with E-state index in [-0.39, 0.29) is 5.92 Å². The van der Waals surface area contributed by atoms with Gasteiger partial charge in [-0.15, -0.1) is 0 Å². The van der Waals surface area contributed by atoms with Crippen LogP contribution in [-0.4, -0.2) is 11.9 Å². The first-order valence-electron chi connectivity index (χ1n) is 6.83. The molecule has 5 nitrogen and oxygen atoms in total. The van der Waals surface area contributed by atoms with Crippen LogP contribution in [0.1, 0.15) is 49.9 Å². The van der Waals surface area contributed by atoms with Crippen molar-refractivity contribution in [2.24, 2.45) is 5.92 Å². The fourth-order valence-electron chi connectivity index (χ4n) is 1.71. The number of unbranched alkanes of at least 4 members (excludes halogenated alkanes) is 1. The van der Waals surface area contributed by atoms with E-state index in [4.69, 9.17) is 0 Å². The summed E-state index contributed by atoms with van der Waals surface area (Å²) in [6.45, 7) is 3.95. The zero-order chi connectivity index (χ0) is 14.8. The van der Waals surface area contributed by atoms with E-state index in [9.17, 15) is 9.59 Å². The highest BCUT2D eigenvalue weighted by Crippen LogP contribution is 2.14. The number of benzene rings is 1. The molecule has 0 aromatic heterocycles. The predicted octanol–water partition coefficient (Wildman–Crippen LogP) is 3.45. The van der Waals surface area contributed by atoms with Crippen LogP contribution in [0.5, 0.6) is 0 Å². The summed E-state index contributed by atoms with van der Waals surface area (Å²) < 4.78 is 0. The van der Waals surface area contributed by atoms with Gasteiger partial charge in [0.15, 0.2) is 0 Å². The molecule has 1 aromatic carbocycles. The maximum Gasteiger partial charge on any atom is 0.377 e. The Kier molecular flexibility index (Phi) is 7.35. The second-order valence-electron chi connectivity index (χ2n) is 4.45. The average Bonchev–Trinajstić information content (AvgIpc) is 2.48. The molecular weight excluding hydrogens is 260 g/mol. The van der Waals surface area contributed by atoms with E-state index in [2.05, 4.69) is 21.7 Å². The molecule has 0 saturated heterocycles. The van der Waals surface area contributed by atoms with Crippen molar-refractivity contribution in [3.63, 3.8) is 0 Å². The molecule has 0 aliphatic heterocycles. The van der Waals surface area contributed by atoms with Crippen molar-refractivity contribution in [3.8, 4) is 0 Å². The van der Waals surface area contributed by atoms with Gasteiger partial charge < -0.3 is 0 Å². The van der Waals surface area contributed by atoms with Gasteiger partial charge in [0.1, 0.15) is 0 Å². The van der Waals surface area contributed by atoms with Crippen LogP contribution in [0.2, 0.25) is 0 Å². The summed E-state index contributed by atoms with van der Waals surface area (Å²) in [6, 6.07) is 8.31. The summed E-state index contributed by atoms with van der Waals surface area (Å²) in [7, 11) is 0. The van der Waals surface area contributed by atoms with Gasteiger partial charge in [-0.2, -0.15) is 0 Å². The van der Waals surface area contributed by atoms with Crippen LogP contribution >= 0.6 is 0 Å². The zero-order valence-electron chi connectivity index (χ0n) is 11.8. The maximum absolute atomic E-state index is 11.7. The zero-order valence-corrected chi connectivity index (χ0v) is 11.8. The first-order valence-corrected chi connectivity index (χ1v) is 6.83. The van der Waals surface area contributed by atoms with Crippen molar-refractivity contribution >= 4 is 11.9 Å². The quantitative estimate of drug-likeness (QED) is 0.539. The molecule has 0 aliphatic carbocycles. The highest BCUT2D eigenvalue weighted by molar-refractivity contribution is 5.88. The Labute approximate surface area is 118 Å². The Morgan fingerprint density at radius 3 is 2.40 bits per heavy atom. The molecule has 0 heterocycles.